The number of rotatable bonds is 8. The van der Waals surface area contributed by atoms with Crippen LogP contribution in [0.3, 0.4) is 0 Å². The first-order chi connectivity index (χ1) is 13.4. The van der Waals surface area contributed by atoms with Gasteiger partial charge in [0.1, 0.15) is 6.04 Å². The second kappa shape index (κ2) is 9.09. The molecule has 0 fully saturated rings. The molecule has 1 atom stereocenters. The highest BCUT2D eigenvalue weighted by Gasteiger charge is 2.23. The predicted octanol–water partition coefficient (Wildman–Crippen LogP) is 3.30. The van der Waals surface area contributed by atoms with Crippen molar-refractivity contribution < 1.29 is 13.2 Å². The standard InChI is InChI=1S/C20H21N3O3S2/c1-28(25,26)23-17(13-12-15-8-4-2-5-9-15)19(24)22-20-21-18(14-27-20)16-10-6-3-7-11-16/h2-11,14,17,23H,12-13H2,1H3,(H,21,22,24)/t17-/m1/s1. The van der Waals surface area contributed by atoms with Gasteiger partial charge in [0.2, 0.25) is 15.9 Å². The van der Waals surface area contributed by atoms with Crippen LogP contribution in [0.4, 0.5) is 5.13 Å². The van der Waals surface area contributed by atoms with E-state index in [1.807, 2.05) is 66.0 Å². The minimum atomic E-state index is -3.53. The van der Waals surface area contributed by atoms with E-state index in [1.54, 1.807) is 0 Å². The number of anilines is 1. The number of hydrogen-bond acceptors (Lipinski definition) is 5. The maximum atomic E-state index is 12.7. The number of amides is 1. The molecule has 0 radical (unpaired) electrons. The first kappa shape index (κ1) is 20.2. The maximum absolute atomic E-state index is 12.7. The van der Waals surface area contributed by atoms with Crippen molar-refractivity contribution in [1.29, 1.82) is 0 Å². The van der Waals surface area contributed by atoms with Crippen LogP contribution < -0.4 is 10.0 Å². The number of sulfonamides is 1. The quantitative estimate of drug-likeness (QED) is 0.591. The van der Waals surface area contributed by atoms with Crippen molar-refractivity contribution in [3.05, 3.63) is 71.6 Å². The van der Waals surface area contributed by atoms with Crippen molar-refractivity contribution in [1.82, 2.24) is 9.71 Å². The molecule has 3 aromatic rings. The Kier molecular flexibility index (Phi) is 6.56. The summed E-state index contributed by atoms with van der Waals surface area (Å²) in [6.45, 7) is 0. The molecule has 1 aromatic heterocycles. The summed E-state index contributed by atoms with van der Waals surface area (Å²) in [6.07, 6.45) is 1.97. The number of hydrogen-bond donors (Lipinski definition) is 2. The molecule has 1 heterocycles. The zero-order valence-electron chi connectivity index (χ0n) is 15.3. The van der Waals surface area contributed by atoms with Crippen LogP contribution in [-0.4, -0.2) is 31.6 Å². The lowest BCUT2D eigenvalue weighted by atomic mass is 10.1. The highest BCUT2D eigenvalue weighted by atomic mass is 32.2. The van der Waals surface area contributed by atoms with E-state index in [4.69, 9.17) is 0 Å². The second-order valence-corrected chi connectivity index (χ2v) is 9.00. The molecule has 0 saturated carbocycles. The zero-order chi connectivity index (χ0) is 20.0. The average molecular weight is 416 g/mol. The van der Waals surface area contributed by atoms with Gasteiger partial charge in [0.05, 0.1) is 11.9 Å². The molecule has 8 heteroatoms. The molecule has 0 spiro atoms. The molecule has 28 heavy (non-hydrogen) atoms. The molecule has 1 amide bonds. The fourth-order valence-corrected chi connectivity index (χ4v) is 4.19. The van der Waals surface area contributed by atoms with Crippen LogP contribution in [0.1, 0.15) is 12.0 Å². The molecule has 0 bridgehead atoms. The normalized spacial score (nSPS) is 12.5. The molecule has 146 valence electrons. The number of carbonyl (C=O) groups is 1. The molecule has 0 unspecified atom stereocenters. The number of benzene rings is 2. The molecular formula is C20H21N3O3S2. The van der Waals surface area contributed by atoms with E-state index < -0.39 is 22.0 Å². The summed E-state index contributed by atoms with van der Waals surface area (Å²) in [5, 5.41) is 5.02. The molecular weight excluding hydrogens is 394 g/mol. The van der Waals surface area contributed by atoms with Crippen LogP contribution in [0.15, 0.2) is 66.0 Å². The molecule has 0 aliphatic carbocycles. The maximum Gasteiger partial charge on any atom is 0.244 e. The third kappa shape index (κ3) is 5.98. The SMILES string of the molecule is CS(=O)(=O)N[C@H](CCc1ccccc1)C(=O)Nc1nc(-c2ccccc2)cs1. The second-order valence-electron chi connectivity index (χ2n) is 6.36. The smallest absolute Gasteiger partial charge is 0.244 e. The van der Waals surface area contributed by atoms with Gasteiger partial charge in [-0.1, -0.05) is 60.7 Å². The third-order valence-electron chi connectivity index (χ3n) is 4.04. The van der Waals surface area contributed by atoms with Gasteiger partial charge in [-0.3, -0.25) is 4.79 Å². The highest BCUT2D eigenvalue weighted by Crippen LogP contribution is 2.24. The van der Waals surface area contributed by atoms with Crippen LogP contribution in [0.5, 0.6) is 0 Å². The molecule has 3 rings (SSSR count). The van der Waals surface area contributed by atoms with Gasteiger partial charge in [-0.25, -0.2) is 18.1 Å². The van der Waals surface area contributed by atoms with E-state index in [-0.39, 0.29) is 0 Å². The fraction of sp³-hybridized carbons (Fsp3) is 0.200. The van der Waals surface area contributed by atoms with E-state index in [1.165, 1.54) is 11.3 Å². The summed E-state index contributed by atoms with van der Waals surface area (Å²) >= 11 is 1.30. The van der Waals surface area contributed by atoms with E-state index in [9.17, 15) is 13.2 Å². The van der Waals surface area contributed by atoms with Gasteiger partial charge in [0.15, 0.2) is 5.13 Å². The lowest BCUT2D eigenvalue weighted by molar-refractivity contribution is -0.117. The van der Waals surface area contributed by atoms with Gasteiger partial charge >= 0.3 is 0 Å². The third-order valence-corrected chi connectivity index (χ3v) is 5.51. The summed E-state index contributed by atoms with van der Waals surface area (Å²) in [6, 6.07) is 18.4. The van der Waals surface area contributed by atoms with E-state index >= 15 is 0 Å². The number of thiazole rings is 1. The Bertz CT molecular complexity index is 1020. The summed E-state index contributed by atoms with van der Waals surface area (Å²) < 4.78 is 25.8. The Morgan fingerprint density at radius 1 is 1.07 bits per heavy atom. The van der Waals surface area contributed by atoms with Gasteiger partial charge < -0.3 is 5.32 Å². The fourth-order valence-electron chi connectivity index (χ4n) is 2.72. The van der Waals surface area contributed by atoms with Crippen molar-refractivity contribution >= 4 is 32.4 Å². The Morgan fingerprint density at radius 3 is 2.36 bits per heavy atom. The summed E-state index contributed by atoms with van der Waals surface area (Å²) in [5.41, 5.74) is 2.75. The van der Waals surface area contributed by atoms with Crippen molar-refractivity contribution in [2.45, 2.75) is 18.9 Å². The topological polar surface area (TPSA) is 88.2 Å². The van der Waals surface area contributed by atoms with Crippen LogP contribution >= 0.6 is 11.3 Å². The van der Waals surface area contributed by atoms with Gasteiger partial charge in [0, 0.05) is 10.9 Å². The van der Waals surface area contributed by atoms with Crippen LogP contribution in [0, 0.1) is 0 Å². The Labute approximate surface area is 168 Å². The summed E-state index contributed by atoms with van der Waals surface area (Å²) in [7, 11) is -3.53. The largest absolute Gasteiger partial charge is 0.301 e. The molecule has 0 saturated heterocycles. The molecule has 0 aliphatic rings. The average Bonchev–Trinajstić information content (AvgIpc) is 3.14. The molecule has 2 aromatic carbocycles. The van der Waals surface area contributed by atoms with E-state index in [0.717, 1.165) is 23.1 Å². The minimum Gasteiger partial charge on any atom is -0.301 e. The Balaban J connectivity index is 1.69. The first-order valence-corrected chi connectivity index (χ1v) is 11.5. The highest BCUT2D eigenvalue weighted by molar-refractivity contribution is 7.88. The Morgan fingerprint density at radius 2 is 1.71 bits per heavy atom. The van der Waals surface area contributed by atoms with E-state index in [2.05, 4.69) is 15.0 Å². The van der Waals surface area contributed by atoms with Crippen LogP contribution in [0.25, 0.3) is 11.3 Å². The molecule has 2 N–H and O–H groups in total. The summed E-state index contributed by atoms with van der Waals surface area (Å²) in [5.74, 6) is -0.421. The lowest BCUT2D eigenvalue weighted by Crippen LogP contribution is -2.43. The predicted molar refractivity (Wildman–Crippen MR) is 113 cm³/mol. The molecule has 0 aliphatic heterocycles. The summed E-state index contributed by atoms with van der Waals surface area (Å²) in [4.78, 5) is 17.1. The van der Waals surface area contributed by atoms with Gasteiger partial charge in [0.25, 0.3) is 0 Å². The van der Waals surface area contributed by atoms with Crippen LogP contribution in [0.2, 0.25) is 0 Å². The van der Waals surface area contributed by atoms with Crippen molar-refractivity contribution in [3.63, 3.8) is 0 Å². The number of carbonyl (C=O) groups excluding carboxylic acids is 1. The van der Waals surface area contributed by atoms with Gasteiger partial charge in [-0.05, 0) is 18.4 Å². The van der Waals surface area contributed by atoms with Crippen molar-refractivity contribution in [3.8, 4) is 11.3 Å². The number of nitrogens with zero attached hydrogens (tertiary/aromatic N) is 1. The van der Waals surface area contributed by atoms with Gasteiger partial charge in [-0.2, -0.15) is 0 Å². The molecule has 6 nitrogen and oxygen atoms in total. The van der Waals surface area contributed by atoms with Crippen LogP contribution in [-0.2, 0) is 21.2 Å². The Hall–Kier alpha value is -2.55. The zero-order valence-corrected chi connectivity index (χ0v) is 17.0. The number of aryl methyl sites for hydroxylation is 1. The van der Waals surface area contributed by atoms with Gasteiger partial charge in [-0.15, -0.1) is 11.3 Å². The van der Waals surface area contributed by atoms with Crippen molar-refractivity contribution in [2.24, 2.45) is 0 Å². The van der Waals surface area contributed by atoms with Crippen molar-refractivity contribution in [2.75, 3.05) is 11.6 Å². The first-order valence-electron chi connectivity index (χ1n) is 8.74. The van der Waals surface area contributed by atoms with E-state index in [0.29, 0.717) is 18.0 Å². The minimum absolute atomic E-state index is 0.347. The lowest BCUT2D eigenvalue weighted by Gasteiger charge is -2.16. The number of nitrogens with one attached hydrogen (secondary N) is 2. The monoisotopic (exact) mass is 415 g/mol. The number of aromatic nitrogens is 1.